The Morgan fingerprint density at radius 3 is 2.71 bits per heavy atom. The summed E-state index contributed by atoms with van der Waals surface area (Å²) in [7, 11) is 0. The largest absolute Gasteiger partial charge is 0.487 e. The molecule has 4 aliphatic rings. The van der Waals surface area contributed by atoms with Crippen LogP contribution < -0.4 is 10.5 Å². The highest BCUT2D eigenvalue weighted by Crippen LogP contribution is 2.46. The summed E-state index contributed by atoms with van der Waals surface area (Å²) in [5.41, 5.74) is 7.73. The maximum atomic E-state index is 15.9. The fourth-order valence-electron chi connectivity index (χ4n) is 6.57. The second-order valence-corrected chi connectivity index (χ2v) is 12.3. The molecule has 1 aromatic carbocycles. The van der Waals surface area contributed by atoms with Crippen molar-refractivity contribution < 1.29 is 18.7 Å². The third kappa shape index (κ3) is 4.04. The lowest BCUT2D eigenvalue weighted by molar-refractivity contribution is -0.139. The summed E-state index contributed by atoms with van der Waals surface area (Å²) in [5.74, 6) is 2.37. The second kappa shape index (κ2) is 9.41. The number of nitrogens with two attached hydrogens (primary N) is 1. The van der Waals surface area contributed by atoms with E-state index in [4.69, 9.17) is 15.2 Å². The van der Waals surface area contributed by atoms with E-state index < -0.39 is 5.82 Å². The van der Waals surface area contributed by atoms with Crippen LogP contribution >= 0.6 is 11.8 Å². The summed E-state index contributed by atoms with van der Waals surface area (Å²) >= 11 is 1.90. The first-order valence-electron chi connectivity index (χ1n) is 13.6. The lowest BCUT2D eigenvalue weighted by Crippen LogP contribution is -2.45. The highest BCUT2D eigenvalue weighted by molar-refractivity contribution is 7.99. The molecule has 0 unspecified atom stereocenters. The Hall–Kier alpha value is -2.85. The number of fused-ring (bicyclic) bond motifs is 3. The highest BCUT2D eigenvalue weighted by Gasteiger charge is 2.47. The topological polar surface area (TPSA) is 95.5 Å². The van der Waals surface area contributed by atoms with Gasteiger partial charge in [-0.25, -0.2) is 14.4 Å². The molecule has 0 atom stereocenters. The van der Waals surface area contributed by atoms with E-state index in [2.05, 4.69) is 14.5 Å². The Morgan fingerprint density at radius 2 is 1.97 bits per heavy atom. The number of nitrogens with zero attached hydrogens (tertiary/aromatic N) is 4. The van der Waals surface area contributed by atoms with Crippen LogP contribution in [0.4, 0.5) is 10.2 Å². The zero-order valence-electron chi connectivity index (χ0n) is 21.3. The van der Waals surface area contributed by atoms with Crippen molar-refractivity contribution in [2.45, 2.75) is 56.3 Å². The molecule has 3 aliphatic heterocycles. The number of rotatable bonds is 6. The lowest BCUT2D eigenvalue weighted by Gasteiger charge is -2.39. The van der Waals surface area contributed by atoms with Gasteiger partial charge in [0, 0.05) is 53.9 Å². The van der Waals surface area contributed by atoms with E-state index in [0.717, 1.165) is 63.1 Å². The van der Waals surface area contributed by atoms with Crippen LogP contribution in [0.2, 0.25) is 0 Å². The number of thioether (sulfide) groups is 1. The molecule has 0 spiro atoms. The predicted molar refractivity (Wildman–Crippen MR) is 145 cm³/mol. The standard InChI is InChI=1S/C28H32FN5O3S/c29-24-20(2-1-3-22(24)36-15-28-6-4-19(37-28)5-7-28)21-14-34(26-23(21)25(30)31-16-32-26)18-12-17(13-18)27(35)33-8-10-38-11-9-33/h1-3,14,16-19H,4-13,15H2,(H2,30,31,32)/t17-,18+,19?,28?. The number of carbonyl (C=O) groups excluding carboxylic acids is 1. The van der Waals surface area contributed by atoms with Crippen molar-refractivity contribution in [1.82, 2.24) is 19.4 Å². The van der Waals surface area contributed by atoms with E-state index in [0.29, 0.717) is 40.7 Å². The molecule has 200 valence electrons. The fourth-order valence-corrected chi connectivity index (χ4v) is 7.48. The van der Waals surface area contributed by atoms with E-state index in [-0.39, 0.29) is 29.2 Å². The minimum Gasteiger partial charge on any atom is -0.487 e. The summed E-state index contributed by atoms with van der Waals surface area (Å²) in [6.07, 6.45) is 9.19. The molecular formula is C28H32FN5O3S. The van der Waals surface area contributed by atoms with Crippen LogP contribution in [0.5, 0.6) is 5.75 Å². The molecule has 38 heavy (non-hydrogen) atoms. The molecule has 10 heteroatoms. The Balaban J connectivity index is 1.16. The van der Waals surface area contributed by atoms with Gasteiger partial charge in [0.15, 0.2) is 11.6 Å². The third-order valence-corrected chi connectivity index (χ3v) is 9.76. The van der Waals surface area contributed by atoms with Gasteiger partial charge in [-0.2, -0.15) is 11.8 Å². The van der Waals surface area contributed by atoms with Gasteiger partial charge in [-0.3, -0.25) is 4.79 Å². The molecule has 1 aliphatic carbocycles. The number of hydrogen-bond acceptors (Lipinski definition) is 7. The zero-order chi connectivity index (χ0) is 25.9. The lowest BCUT2D eigenvalue weighted by atomic mass is 9.79. The van der Waals surface area contributed by atoms with Gasteiger partial charge in [-0.1, -0.05) is 12.1 Å². The Kier molecular flexibility index (Phi) is 6.00. The summed E-state index contributed by atoms with van der Waals surface area (Å²) in [4.78, 5) is 23.7. The molecule has 5 heterocycles. The van der Waals surface area contributed by atoms with Crippen molar-refractivity contribution in [3.63, 3.8) is 0 Å². The van der Waals surface area contributed by atoms with Gasteiger partial charge in [0.1, 0.15) is 30.0 Å². The smallest absolute Gasteiger partial charge is 0.225 e. The number of ether oxygens (including phenoxy) is 2. The second-order valence-electron chi connectivity index (χ2n) is 11.1. The van der Waals surface area contributed by atoms with E-state index in [9.17, 15) is 4.79 Å². The van der Waals surface area contributed by atoms with Crippen molar-refractivity contribution in [3.8, 4) is 16.9 Å². The number of halogens is 1. The number of amides is 1. The minimum atomic E-state index is -0.427. The van der Waals surface area contributed by atoms with Gasteiger partial charge < -0.3 is 24.7 Å². The monoisotopic (exact) mass is 537 g/mol. The molecule has 8 nitrogen and oxygen atoms in total. The number of hydrogen-bond donors (Lipinski definition) is 1. The molecule has 2 bridgehead atoms. The number of carbonyl (C=O) groups is 1. The average molecular weight is 538 g/mol. The van der Waals surface area contributed by atoms with Crippen molar-refractivity contribution in [1.29, 1.82) is 0 Å². The molecule has 2 aromatic heterocycles. The molecule has 1 saturated carbocycles. The van der Waals surface area contributed by atoms with Gasteiger partial charge in [0.25, 0.3) is 0 Å². The van der Waals surface area contributed by atoms with Gasteiger partial charge in [-0.15, -0.1) is 0 Å². The SMILES string of the molecule is Nc1ncnc2c1c(-c1cccc(OCC34CCC(CC3)O4)c1F)cn2[C@H]1C[C@@H](C(=O)N2CCSCC2)C1. The predicted octanol–water partition coefficient (Wildman–Crippen LogP) is 4.44. The number of benzene rings is 1. The van der Waals surface area contributed by atoms with Crippen molar-refractivity contribution in [2.75, 3.05) is 36.9 Å². The zero-order valence-corrected chi connectivity index (χ0v) is 22.1. The van der Waals surface area contributed by atoms with E-state index in [1.165, 1.54) is 6.33 Å². The van der Waals surface area contributed by atoms with Crippen molar-refractivity contribution in [3.05, 3.63) is 36.5 Å². The molecule has 0 radical (unpaired) electrons. The number of anilines is 1. The first-order chi connectivity index (χ1) is 18.5. The molecule has 2 N–H and O–H groups in total. The highest BCUT2D eigenvalue weighted by atomic mass is 32.2. The fraction of sp³-hybridized carbons (Fsp3) is 0.536. The first kappa shape index (κ1) is 24.2. The van der Waals surface area contributed by atoms with Crippen molar-refractivity contribution >= 4 is 34.5 Å². The minimum absolute atomic E-state index is 0.0176. The van der Waals surface area contributed by atoms with Crippen LogP contribution in [-0.2, 0) is 9.53 Å². The van der Waals surface area contributed by atoms with E-state index >= 15 is 4.39 Å². The quantitative estimate of drug-likeness (QED) is 0.497. The van der Waals surface area contributed by atoms with Crippen LogP contribution in [0.3, 0.4) is 0 Å². The molecule has 4 fully saturated rings. The molecule has 1 amide bonds. The molecular weight excluding hydrogens is 505 g/mol. The van der Waals surface area contributed by atoms with E-state index in [1.54, 1.807) is 18.2 Å². The Morgan fingerprint density at radius 1 is 1.18 bits per heavy atom. The number of nitrogen functional groups attached to an aromatic ring is 1. The first-order valence-corrected chi connectivity index (χ1v) is 14.7. The summed E-state index contributed by atoms with van der Waals surface area (Å²) in [6.45, 7) is 2.01. The van der Waals surface area contributed by atoms with Crippen LogP contribution in [0, 0.1) is 11.7 Å². The van der Waals surface area contributed by atoms with Crippen LogP contribution in [0.1, 0.15) is 44.6 Å². The van der Waals surface area contributed by atoms with Gasteiger partial charge in [0.05, 0.1) is 11.5 Å². The summed E-state index contributed by atoms with van der Waals surface area (Å²) in [6, 6.07) is 5.31. The Bertz CT molecular complexity index is 1380. The maximum absolute atomic E-state index is 15.9. The van der Waals surface area contributed by atoms with Crippen molar-refractivity contribution in [2.24, 2.45) is 5.92 Å². The van der Waals surface area contributed by atoms with Gasteiger partial charge in [-0.05, 0) is 44.6 Å². The van der Waals surface area contributed by atoms with Crippen LogP contribution in [0.15, 0.2) is 30.7 Å². The molecule has 3 aromatic rings. The number of aromatic nitrogens is 3. The molecule has 3 saturated heterocycles. The van der Waals surface area contributed by atoms with Gasteiger partial charge in [0.2, 0.25) is 5.91 Å². The Labute approximate surface area is 225 Å². The summed E-state index contributed by atoms with van der Waals surface area (Å²) < 4.78 is 30.1. The normalized spacial score (nSPS) is 28.6. The van der Waals surface area contributed by atoms with E-state index in [1.807, 2.05) is 22.9 Å². The summed E-state index contributed by atoms with van der Waals surface area (Å²) in [5, 5.41) is 0.628. The third-order valence-electron chi connectivity index (χ3n) is 8.82. The van der Waals surface area contributed by atoms with Gasteiger partial charge >= 0.3 is 0 Å². The van der Waals surface area contributed by atoms with Crippen LogP contribution in [0.25, 0.3) is 22.2 Å². The average Bonchev–Trinajstić information content (AvgIpc) is 3.62. The maximum Gasteiger partial charge on any atom is 0.225 e. The van der Waals surface area contributed by atoms with Crippen LogP contribution in [-0.4, -0.2) is 68.2 Å². The molecule has 7 rings (SSSR count).